The SMILES string of the molecule is C[C@H](NP(=O)(Oc1ccc([N+](=O)[O-])cc1)OC1CCCCC1)C(=O)O. The van der Waals surface area contributed by atoms with Crippen LogP contribution < -0.4 is 9.61 Å². The van der Waals surface area contributed by atoms with Gasteiger partial charge in [0, 0.05) is 12.1 Å². The van der Waals surface area contributed by atoms with Crippen LogP contribution in [0.15, 0.2) is 24.3 Å². The zero-order valence-electron chi connectivity index (χ0n) is 13.8. The summed E-state index contributed by atoms with van der Waals surface area (Å²) in [6.07, 6.45) is 4.11. The van der Waals surface area contributed by atoms with E-state index >= 15 is 0 Å². The number of hydrogen-bond acceptors (Lipinski definition) is 6. The normalized spacial score (nSPS) is 18.9. The first-order valence-electron chi connectivity index (χ1n) is 8.02. The molecular weight excluding hydrogens is 351 g/mol. The van der Waals surface area contributed by atoms with Gasteiger partial charge in [-0.05, 0) is 31.9 Å². The highest BCUT2D eigenvalue weighted by atomic mass is 31.2. The molecule has 0 saturated heterocycles. The lowest BCUT2D eigenvalue weighted by atomic mass is 9.98. The molecule has 0 radical (unpaired) electrons. The van der Waals surface area contributed by atoms with E-state index in [1.807, 2.05) is 0 Å². The summed E-state index contributed by atoms with van der Waals surface area (Å²) >= 11 is 0. The maximum absolute atomic E-state index is 13.0. The van der Waals surface area contributed by atoms with Crippen LogP contribution >= 0.6 is 7.75 Å². The van der Waals surface area contributed by atoms with Crippen LogP contribution in [0, 0.1) is 10.1 Å². The molecule has 138 valence electrons. The van der Waals surface area contributed by atoms with Crippen LogP contribution in [0.4, 0.5) is 5.69 Å². The maximum Gasteiger partial charge on any atom is 0.459 e. The Morgan fingerprint density at radius 3 is 2.44 bits per heavy atom. The minimum atomic E-state index is -3.96. The van der Waals surface area contributed by atoms with Crippen molar-refractivity contribution < 1.29 is 28.4 Å². The van der Waals surface area contributed by atoms with Gasteiger partial charge >= 0.3 is 13.7 Å². The average Bonchev–Trinajstić information content (AvgIpc) is 2.55. The summed E-state index contributed by atoms with van der Waals surface area (Å²) in [5.41, 5.74) is -0.137. The highest BCUT2D eigenvalue weighted by Gasteiger charge is 2.35. The molecule has 1 aromatic rings. The van der Waals surface area contributed by atoms with Gasteiger partial charge in [0.2, 0.25) is 0 Å². The predicted molar refractivity (Wildman–Crippen MR) is 89.5 cm³/mol. The lowest BCUT2D eigenvalue weighted by Gasteiger charge is -2.28. The summed E-state index contributed by atoms with van der Waals surface area (Å²) in [4.78, 5) is 21.2. The molecular formula is C15H21N2O7P. The summed E-state index contributed by atoms with van der Waals surface area (Å²) in [6.45, 7) is 1.33. The number of nitro benzene ring substituents is 1. The Morgan fingerprint density at radius 1 is 1.32 bits per heavy atom. The molecule has 1 saturated carbocycles. The molecule has 1 aliphatic rings. The fourth-order valence-electron chi connectivity index (χ4n) is 2.50. The van der Waals surface area contributed by atoms with Crippen molar-refractivity contribution in [2.45, 2.75) is 51.2 Å². The molecule has 0 amide bonds. The van der Waals surface area contributed by atoms with Gasteiger partial charge < -0.3 is 9.63 Å². The Hall–Kier alpha value is -1.96. The van der Waals surface area contributed by atoms with E-state index in [9.17, 15) is 19.5 Å². The van der Waals surface area contributed by atoms with E-state index in [4.69, 9.17) is 14.2 Å². The number of aliphatic carboxylic acids is 1. The smallest absolute Gasteiger partial charge is 0.459 e. The molecule has 2 rings (SSSR count). The molecule has 0 bridgehead atoms. The Morgan fingerprint density at radius 2 is 1.92 bits per heavy atom. The summed E-state index contributed by atoms with van der Waals surface area (Å²) < 4.78 is 24.0. The standard InChI is InChI=1S/C15H21N2O7P/c1-11(15(18)19)16-25(22,23-13-5-3-2-4-6-13)24-14-9-7-12(8-10-14)17(20)21/h7-11,13H,2-6H2,1H3,(H,16,22)(H,18,19)/t11-,25?/m0/s1. The molecule has 10 heteroatoms. The van der Waals surface area contributed by atoms with Crippen molar-refractivity contribution in [3.05, 3.63) is 34.4 Å². The van der Waals surface area contributed by atoms with E-state index in [0.29, 0.717) is 0 Å². The van der Waals surface area contributed by atoms with Crippen LogP contribution in [0.5, 0.6) is 5.75 Å². The third-order valence-electron chi connectivity index (χ3n) is 3.84. The fraction of sp³-hybridized carbons (Fsp3) is 0.533. The molecule has 0 aliphatic heterocycles. The summed E-state index contributed by atoms with van der Waals surface area (Å²) in [5, 5.41) is 22.1. The molecule has 2 atom stereocenters. The quantitative estimate of drug-likeness (QED) is 0.403. The molecule has 0 spiro atoms. The first-order chi connectivity index (χ1) is 11.8. The number of carbonyl (C=O) groups is 1. The van der Waals surface area contributed by atoms with Crippen molar-refractivity contribution in [2.24, 2.45) is 0 Å². The number of nitrogens with one attached hydrogen (secondary N) is 1. The van der Waals surface area contributed by atoms with Gasteiger partial charge in [0.15, 0.2) is 0 Å². The molecule has 0 aromatic heterocycles. The lowest BCUT2D eigenvalue weighted by molar-refractivity contribution is -0.384. The molecule has 25 heavy (non-hydrogen) atoms. The zero-order chi connectivity index (χ0) is 18.4. The van der Waals surface area contributed by atoms with Gasteiger partial charge in [0.05, 0.1) is 11.0 Å². The van der Waals surface area contributed by atoms with Crippen LogP contribution in [-0.2, 0) is 13.9 Å². The van der Waals surface area contributed by atoms with Gasteiger partial charge in [-0.1, -0.05) is 19.3 Å². The average molecular weight is 372 g/mol. The molecule has 2 N–H and O–H groups in total. The van der Waals surface area contributed by atoms with Crippen LogP contribution in [-0.4, -0.2) is 28.1 Å². The van der Waals surface area contributed by atoms with Crippen molar-refractivity contribution in [1.29, 1.82) is 0 Å². The van der Waals surface area contributed by atoms with Crippen LogP contribution in [0.2, 0.25) is 0 Å². The van der Waals surface area contributed by atoms with E-state index in [-0.39, 0.29) is 17.5 Å². The largest absolute Gasteiger partial charge is 0.480 e. The fourth-order valence-corrected chi connectivity index (χ4v) is 4.25. The van der Waals surface area contributed by atoms with Crippen LogP contribution in [0.25, 0.3) is 0 Å². The Kier molecular flexibility index (Phi) is 6.52. The van der Waals surface area contributed by atoms with E-state index in [1.54, 1.807) is 0 Å². The van der Waals surface area contributed by atoms with E-state index in [1.165, 1.54) is 31.2 Å². The predicted octanol–water partition coefficient (Wildman–Crippen LogP) is 3.49. The minimum absolute atomic E-state index is 0.0924. The Labute approximate surface area is 145 Å². The third-order valence-corrected chi connectivity index (χ3v) is 5.57. The number of rotatable bonds is 8. The van der Waals surface area contributed by atoms with Gasteiger partial charge in [-0.2, -0.15) is 5.09 Å². The van der Waals surface area contributed by atoms with Crippen molar-refractivity contribution in [3.63, 3.8) is 0 Å². The first-order valence-corrected chi connectivity index (χ1v) is 9.56. The van der Waals surface area contributed by atoms with Crippen LogP contribution in [0.3, 0.4) is 0 Å². The van der Waals surface area contributed by atoms with Crippen molar-refractivity contribution >= 4 is 19.4 Å². The number of non-ortho nitro benzene ring substituents is 1. The first kappa shape index (κ1) is 19.4. The van der Waals surface area contributed by atoms with E-state index in [2.05, 4.69) is 5.09 Å². The van der Waals surface area contributed by atoms with Gasteiger partial charge in [-0.15, -0.1) is 0 Å². The molecule has 0 heterocycles. The van der Waals surface area contributed by atoms with Gasteiger partial charge in [-0.25, -0.2) is 4.57 Å². The van der Waals surface area contributed by atoms with Crippen molar-refractivity contribution in [2.75, 3.05) is 0 Å². The molecule has 9 nitrogen and oxygen atoms in total. The number of carboxylic acid groups (broad SMARTS) is 1. The number of nitrogens with zero attached hydrogens (tertiary/aromatic N) is 1. The monoisotopic (exact) mass is 372 g/mol. The molecule has 1 aliphatic carbocycles. The molecule has 1 fully saturated rings. The molecule has 1 unspecified atom stereocenters. The van der Waals surface area contributed by atoms with Gasteiger partial charge in [0.25, 0.3) is 5.69 Å². The van der Waals surface area contributed by atoms with Crippen LogP contribution in [0.1, 0.15) is 39.0 Å². The van der Waals surface area contributed by atoms with Gasteiger partial charge in [0.1, 0.15) is 11.8 Å². The third kappa shape index (κ3) is 5.81. The topological polar surface area (TPSA) is 128 Å². The van der Waals surface area contributed by atoms with Crippen molar-refractivity contribution in [1.82, 2.24) is 5.09 Å². The van der Waals surface area contributed by atoms with Crippen molar-refractivity contribution in [3.8, 4) is 5.75 Å². The second-order valence-corrected chi connectivity index (χ2v) is 7.54. The summed E-state index contributed by atoms with van der Waals surface area (Å²) in [7, 11) is -3.96. The number of nitro groups is 1. The van der Waals surface area contributed by atoms with E-state index < -0.39 is 24.7 Å². The number of carboxylic acids is 1. The minimum Gasteiger partial charge on any atom is -0.480 e. The summed E-state index contributed by atoms with van der Waals surface area (Å²) in [5.74, 6) is -1.10. The zero-order valence-corrected chi connectivity index (χ0v) is 14.7. The molecule has 1 aromatic carbocycles. The Balaban J connectivity index is 2.15. The summed E-state index contributed by atoms with van der Waals surface area (Å²) in [6, 6.07) is 3.86. The lowest BCUT2D eigenvalue weighted by Crippen LogP contribution is -2.34. The second kappa shape index (κ2) is 8.42. The Bertz CT molecular complexity index is 658. The highest BCUT2D eigenvalue weighted by Crippen LogP contribution is 2.48. The number of benzene rings is 1. The highest BCUT2D eigenvalue weighted by molar-refractivity contribution is 7.52. The second-order valence-electron chi connectivity index (χ2n) is 5.89. The van der Waals surface area contributed by atoms with Gasteiger partial charge in [-0.3, -0.25) is 19.4 Å². The maximum atomic E-state index is 13.0. The number of hydrogen-bond donors (Lipinski definition) is 2. The van der Waals surface area contributed by atoms with E-state index in [0.717, 1.165) is 32.1 Å².